The summed E-state index contributed by atoms with van der Waals surface area (Å²) in [7, 11) is 1.48. The van der Waals surface area contributed by atoms with Crippen LogP contribution in [-0.2, 0) is 4.74 Å². The number of allylic oxidation sites excluding steroid dienone is 3. The largest absolute Gasteiger partial charge is 0.362 e. The van der Waals surface area contributed by atoms with Crippen molar-refractivity contribution in [3.8, 4) is 0 Å². The fourth-order valence-corrected chi connectivity index (χ4v) is 0.929. The third-order valence-corrected chi connectivity index (χ3v) is 1.76. The molecule has 0 heterocycles. The predicted molar refractivity (Wildman–Crippen MR) is 44.0 cm³/mol. The zero-order valence-corrected chi connectivity index (χ0v) is 6.58. The van der Waals surface area contributed by atoms with Gasteiger partial charge in [0.05, 0.1) is 0 Å². The van der Waals surface area contributed by atoms with Crippen LogP contribution in [-0.4, -0.2) is 18.0 Å². The lowest BCUT2D eigenvalue weighted by Gasteiger charge is -2.23. The highest BCUT2D eigenvalue weighted by molar-refractivity contribution is 5.33. The van der Waals surface area contributed by atoms with E-state index in [0.717, 1.165) is 5.57 Å². The Balaban J connectivity index is 2.70. The first-order chi connectivity index (χ1) is 5.20. The Morgan fingerprint density at radius 1 is 1.82 bits per heavy atom. The maximum Gasteiger partial charge on any atom is 0.188 e. The van der Waals surface area contributed by atoms with Crippen LogP contribution in [0.1, 0.15) is 6.42 Å². The van der Waals surface area contributed by atoms with Crippen LogP contribution in [0.15, 0.2) is 36.5 Å². The number of hydrogen-bond acceptors (Lipinski definition) is 2. The van der Waals surface area contributed by atoms with E-state index in [-0.39, 0.29) is 0 Å². The van der Waals surface area contributed by atoms with E-state index in [9.17, 15) is 5.11 Å². The van der Waals surface area contributed by atoms with Crippen molar-refractivity contribution in [3.63, 3.8) is 0 Å². The van der Waals surface area contributed by atoms with Gasteiger partial charge in [-0.05, 0) is 11.6 Å². The minimum absolute atomic E-state index is 0.487. The molecular weight excluding hydrogens is 140 g/mol. The average molecular weight is 152 g/mol. The van der Waals surface area contributed by atoms with E-state index in [0.29, 0.717) is 6.42 Å². The summed E-state index contributed by atoms with van der Waals surface area (Å²) in [5, 5.41) is 9.51. The highest BCUT2D eigenvalue weighted by Gasteiger charge is 2.22. The van der Waals surface area contributed by atoms with Crippen LogP contribution in [0.4, 0.5) is 0 Å². The minimum atomic E-state index is -1.10. The molecule has 0 saturated heterocycles. The standard InChI is InChI=1S/C9H12O2/c1-3-8-4-6-9(10,11-2)7-5-8/h3-6,10H,1,7H2,2H3. The molecule has 0 aromatic rings. The lowest BCUT2D eigenvalue weighted by molar-refractivity contribution is -0.143. The molecule has 0 aliphatic heterocycles. The Kier molecular flexibility index (Phi) is 2.27. The minimum Gasteiger partial charge on any atom is -0.362 e. The van der Waals surface area contributed by atoms with Crippen molar-refractivity contribution >= 4 is 0 Å². The highest BCUT2D eigenvalue weighted by Crippen LogP contribution is 2.21. The Morgan fingerprint density at radius 2 is 2.55 bits per heavy atom. The molecule has 0 radical (unpaired) electrons. The van der Waals surface area contributed by atoms with Gasteiger partial charge >= 0.3 is 0 Å². The summed E-state index contributed by atoms with van der Waals surface area (Å²) in [6, 6.07) is 0. The Bertz CT molecular complexity index is 216. The summed E-state index contributed by atoms with van der Waals surface area (Å²) in [6.07, 6.45) is 7.54. The van der Waals surface area contributed by atoms with Gasteiger partial charge in [-0.15, -0.1) is 0 Å². The van der Waals surface area contributed by atoms with Gasteiger partial charge in [-0.1, -0.05) is 24.8 Å². The van der Waals surface area contributed by atoms with E-state index in [2.05, 4.69) is 6.58 Å². The van der Waals surface area contributed by atoms with Crippen molar-refractivity contribution in [1.29, 1.82) is 0 Å². The molecule has 0 amide bonds. The first kappa shape index (κ1) is 8.24. The normalized spacial score (nSPS) is 29.8. The summed E-state index contributed by atoms with van der Waals surface area (Å²) in [4.78, 5) is 0. The summed E-state index contributed by atoms with van der Waals surface area (Å²) < 4.78 is 4.86. The third kappa shape index (κ3) is 1.79. The van der Waals surface area contributed by atoms with Gasteiger partial charge in [-0.3, -0.25) is 0 Å². The van der Waals surface area contributed by atoms with E-state index >= 15 is 0 Å². The molecule has 1 aliphatic carbocycles. The second-order valence-corrected chi connectivity index (χ2v) is 2.49. The second kappa shape index (κ2) is 3.03. The lowest BCUT2D eigenvalue weighted by atomic mass is 10.0. The second-order valence-electron chi connectivity index (χ2n) is 2.49. The van der Waals surface area contributed by atoms with Crippen molar-refractivity contribution in [2.75, 3.05) is 7.11 Å². The third-order valence-electron chi connectivity index (χ3n) is 1.76. The zero-order valence-electron chi connectivity index (χ0n) is 6.58. The molecule has 1 rings (SSSR count). The van der Waals surface area contributed by atoms with Crippen LogP contribution >= 0.6 is 0 Å². The number of hydrogen-bond donors (Lipinski definition) is 1. The molecule has 0 saturated carbocycles. The quantitative estimate of drug-likeness (QED) is 0.606. The number of ether oxygens (including phenoxy) is 1. The summed E-state index contributed by atoms with van der Waals surface area (Å²) in [5.41, 5.74) is 1.02. The molecule has 1 unspecified atom stereocenters. The molecule has 2 heteroatoms. The van der Waals surface area contributed by atoms with Gasteiger partial charge in [0.2, 0.25) is 0 Å². The molecule has 0 fully saturated rings. The number of rotatable bonds is 2. The average Bonchev–Trinajstić information content (AvgIpc) is 2.06. The maximum atomic E-state index is 9.51. The van der Waals surface area contributed by atoms with Gasteiger partial charge in [0, 0.05) is 13.5 Å². The van der Waals surface area contributed by atoms with E-state index < -0.39 is 5.79 Å². The predicted octanol–water partition coefficient (Wildman–Crippen LogP) is 1.39. The van der Waals surface area contributed by atoms with Crippen molar-refractivity contribution in [2.24, 2.45) is 0 Å². The smallest absolute Gasteiger partial charge is 0.188 e. The van der Waals surface area contributed by atoms with Crippen LogP contribution in [0, 0.1) is 0 Å². The lowest BCUT2D eigenvalue weighted by Crippen LogP contribution is -2.28. The first-order valence-corrected chi connectivity index (χ1v) is 3.49. The number of aliphatic hydroxyl groups is 1. The van der Waals surface area contributed by atoms with Gasteiger partial charge in [-0.2, -0.15) is 0 Å². The van der Waals surface area contributed by atoms with E-state index in [1.165, 1.54) is 7.11 Å². The Labute approximate surface area is 66.5 Å². The van der Waals surface area contributed by atoms with Crippen LogP contribution in [0.3, 0.4) is 0 Å². The van der Waals surface area contributed by atoms with E-state index in [4.69, 9.17) is 4.74 Å². The van der Waals surface area contributed by atoms with Crippen molar-refractivity contribution in [2.45, 2.75) is 12.2 Å². The maximum absolute atomic E-state index is 9.51. The molecule has 1 atom stereocenters. The molecule has 1 N–H and O–H groups in total. The Hall–Kier alpha value is -0.860. The highest BCUT2D eigenvalue weighted by atomic mass is 16.6. The molecule has 0 aromatic carbocycles. The first-order valence-electron chi connectivity index (χ1n) is 3.49. The van der Waals surface area contributed by atoms with Crippen LogP contribution in [0.5, 0.6) is 0 Å². The summed E-state index contributed by atoms with van der Waals surface area (Å²) >= 11 is 0. The van der Waals surface area contributed by atoms with Crippen LogP contribution in [0.2, 0.25) is 0 Å². The number of methoxy groups -OCH3 is 1. The van der Waals surface area contributed by atoms with Crippen molar-refractivity contribution in [1.82, 2.24) is 0 Å². The molecule has 60 valence electrons. The van der Waals surface area contributed by atoms with Crippen molar-refractivity contribution < 1.29 is 9.84 Å². The summed E-state index contributed by atoms with van der Waals surface area (Å²) in [5.74, 6) is -1.10. The monoisotopic (exact) mass is 152 g/mol. The van der Waals surface area contributed by atoms with Gasteiger partial charge in [0.1, 0.15) is 0 Å². The zero-order chi connectivity index (χ0) is 8.32. The fourth-order valence-electron chi connectivity index (χ4n) is 0.929. The van der Waals surface area contributed by atoms with Crippen molar-refractivity contribution in [3.05, 3.63) is 36.5 Å². The van der Waals surface area contributed by atoms with Crippen LogP contribution < -0.4 is 0 Å². The molecule has 11 heavy (non-hydrogen) atoms. The SMILES string of the molecule is C=CC1=CCC(O)(OC)C=C1. The van der Waals surface area contributed by atoms with Gasteiger partial charge in [-0.25, -0.2) is 0 Å². The molecule has 0 spiro atoms. The molecule has 2 nitrogen and oxygen atoms in total. The summed E-state index contributed by atoms with van der Waals surface area (Å²) in [6.45, 7) is 3.62. The molecule has 0 bridgehead atoms. The molecule has 0 aromatic heterocycles. The van der Waals surface area contributed by atoms with E-state index in [1.54, 1.807) is 18.2 Å². The topological polar surface area (TPSA) is 29.5 Å². The molecular formula is C9H12O2. The van der Waals surface area contributed by atoms with Gasteiger partial charge in [0.15, 0.2) is 5.79 Å². The molecule has 1 aliphatic rings. The van der Waals surface area contributed by atoms with Gasteiger partial charge in [0.25, 0.3) is 0 Å². The van der Waals surface area contributed by atoms with Crippen LogP contribution in [0.25, 0.3) is 0 Å². The Morgan fingerprint density at radius 3 is 2.91 bits per heavy atom. The fraction of sp³-hybridized carbons (Fsp3) is 0.333. The van der Waals surface area contributed by atoms with E-state index in [1.807, 2.05) is 6.08 Å². The van der Waals surface area contributed by atoms with Gasteiger partial charge < -0.3 is 9.84 Å².